The molecule has 0 saturated carbocycles. The van der Waals surface area contributed by atoms with Crippen LogP contribution in [0.4, 0.5) is 5.82 Å². The molecular weight excluding hydrogens is 272 g/mol. The largest absolute Gasteiger partial charge is 0.361 e. The van der Waals surface area contributed by atoms with E-state index < -0.39 is 0 Å². The molecule has 1 atom stereocenters. The molecule has 0 spiro atoms. The summed E-state index contributed by atoms with van der Waals surface area (Å²) in [6.07, 6.45) is 1.05. The minimum Gasteiger partial charge on any atom is -0.361 e. The molecule has 0 radical (unpaired) electrons. The maximum absolute atomic E-state index is 4.37. The van der Waals surface area contributed by atoms with Crippen LogP contribution in [0.3, 0.4) is 0 Å². The summed E-state index contributed by atoms with van der Waals surface area (Å²) in [4.78, 5) is 1.32. The molecule has 1 N–H and O–H groups in total. The zero-order valence-electron chi connectivity index (χ0n) is 11.4. The lowest BCUT2D eigenvalue weighted by Crippen LogP contribution is -2.14. The highest BCUT2D eigenvalue weighted by molar-refractivity contribution is 7.10. The van der Waals surface area contributed by atoms with E-state index in [1.165, 1.54) is 9.51 Å². The van der Waals surface area contributed by atoms with Crippen molar-refractivity contribution in [2.24, 2.45) is 5.92 Å². The van der Waals surface area contributed by atoms with Gasteiger partial charge in [-0.2, -0.15) is 0 Å². The second-order valence-corrected chi connectivity index (χ2v) is 6.07. The van der Waals surface area contributed by atoms with Gasteiger partial charge in [-0.15, -0.1) is 26.2 Å². The maximum Gasteiger partial charge on any atom is 0.200 e. The van der Waals surface area contributed by atoms with Gasteiger partial charge in [0.15, 0.2) is 5.65 Å². The minimum atomic E-state index is 0.261. The van der Waals surface area contributed by atoms with Crippen LogP contribution in [-0.4, -0.2) is 25.3 Å². The Morgan fingerprint density at radius 2 is 2.20 bits per heavy atom. The molecule has 3 aromatic rings. The van der Waals surface area contributed by atoms with Crippen molar-refractivity contribution in [2.45, 2.75) is 26.3 Å². The predicted molar refractivity (Wildman–Crippen MR) is 78.7 cm³/mol. The molecule has 104 valence electrons. The van der Waals surface area contributed by atoms with Crippen LogP contribution < -0.4 is 5.32 Å². The predicted octanol–water partition coefficient (Wildman–Crippen LogP) is 2.78. The van der Waals surface area contributed by atoms with Crippen LogP contribution in [0.1, 0.15) is 31.2 Å². The number of hydrogen-bond acceptors (Lipinski definition) is 6. The monoisotopic (exact) mass is 288 g/mol. The van der Waals surface area contributed by atoms with E-state index in [0.717, 1.165) is 12.2 Å². The normalized spacial score (nSPS) is 12.9. The summed E-state index contributed by atoms with van der Waals surface area (Å²) >= 11 is 1.76. The highest BCUT2D eigenvalue weighted by Gasteiger charge is 2.15. The fourth-order valence-corrected chi connectivity index (χ4v) is 2.90. The fraction of sp³-hybridized carbons (Fsp3) is 0.385. The summed E-state index contributed by atoms with van der Waals surface area (Å²) < 4.78 is 1.43. The highest BCUT2D eigenvalue weighted by Crippen LogP contribution is 2.28. The first-order valence-corrected chi connectivity index (χ1v) is 7.45. The quantitative estimate of drug-likeness (QED) is 0.782. The van der Waals surface area contributed by atoms with Crippen LogP contribution in [0.25, 0.3) is 5.65 Å². The highest BCUT2D eigenvalue weighted by atomic mass is 32.1. The molecule has 1 unspecified atom stereocenters. The Labute approximate surface area is 120 Å². The van der Waals surface area contributed by atoms with Crippen molar-refractivity contribution in [1.29, 1.82) is 0 Å². The van der Waals surface area contributed by atoms with E-state index >= 15 is 0 Å². The maximum atomic E-state index is 4.37. The van der Waals surface area contributed by atoms with Crippen molar-refractivity contribution in [2.75, 3.05) is 5.32 Å². The van der Waals surface area contributed by atoms with E-state index in [4.69, 9.17) is 0 Å². The topological polar surface area (TPSA) is 68.0 Å². The van der Waals surface area contributed by atoms with Gasteiger partial charge in [0.1, 0.15) is 5.82 Å². The third kappa shape index (κ3) is 2.77. The van der Waals surface area contributed by atoms with Crippen molar-refractivity contribution >= 4 is 22.8 Å². The van der Waals surface area contributed by atoms with Crippen LogP contribution in [0.2, 0.25) is 0 Å². The van der Waals surface area contributed by atoms with E-state index in [1.54, 1.807) is 11.3 Å². The van der Waals surface area contributed by atoms with Gasteiger partial charge in [-0.1, -0.05) is 19.9 Å². The van der Waals surface area contributed by atoms with Gasteiger partial charge in [-0.05, 0) is 46.3 Å². The molecule has 3 aromatic heterocycles. The van der Waals surface area contributed by atoms with Gasteiger partial charge in [0.2, 0.25) is 0 Å². The first-order chi connectivity index (χ1) is 9.72. The second-order valence-electron chi connectivity index (χ2n) is 5.09. The molecule has 0 aromatic carbocycles. The SMILES string of the molecule is CC(C)CC(Nc1ccc2nnnn2n1)c1cccs1. The van der Waals surface area contributed by atoms with Crippen molar-refractivity contribution in [3.8, 4) is 0 Å². The summed E-state index contributed by atoms with van der Waals surface area (Å²) in [5, 5.41) is 21.2. The molecule has 7 heteroatoms. The van der Waals surface area contributed by atoms with Gasteiger partial charge >= 0.3 is 0 Å². The molecule has 20 heavy (non-hydrogen) atoms. The van der Waals surface area contributed by atoms with Crippen LogP contribution >= 0.6 is 11.3 Å². The van der Waals surface area contributed by atoms with Crippen LogP contribution in [-0.2, 0) is 0 Å². The number of fused-ring (bicyclic) bond motifs is 1. The molecule has 0 amide bonds. The van der Waals surface area contributed by atoms with E-state index in [9.17, 15) is 0 Å². The molecule has 0 fully saturated rings. The molecular formula is C13H16N6S. The third-order valence-electron chi connectivity index (χ3n) is 2.99. The Morgan fingerprint density at radius 3 is 2.95 bits per heavy atom. The van der Waals surface area contributed by atoms with Gasteiger partial charge in [0.05, 0.1) is 6.04 Å². The molecule has 3 rings (SSSR count). The van der Waals surface area contributed by atoms with Crippen molar-refractivity contribution in [1.82, 2.24) is 25.3 Å². The Kier molecular flexibility index (Phi) is 3.60. The van der Waals surface area contributed by atoms with Gasteiger partial charge in [-0.3, -0.25) is 0 Å². The minimum absolute atomic E-state index is 0.261. The van der Waals surface area contributed by atoms with E-state index in [-0.39, 0.29) is 6.04 Å². The van der Waals surface area contributed by atoms with Crippen molar-refractivity contribution in [3.05, 3.63) is 34.5 Å². The average Bonchev–Trinajstić information content (AvgIpc) is 3.08. The number of rotatable bonds is 5. The molecule has 0 aliphatic heterocycles. The standard InChI is InChI=1S/C13H16N6S/c1-9(2)8-10(11-4-3-7-20-11)14-12-5-6-13-15-17-18-19(13)16-12/h3-7,9-10H,8H2,1-2H3,(H,14,16). The van der Waals surface area contributed by atoms with Crippen LogP contribution in [0.5, 0.6) is 0 Å². The number of nitrogens with one attached hydrogen (secondary N) is 1. The summed E-state index contributed by atoms with van der Waals surface area (Å²) in [7, 11) is 0. The third-order valence-corrected chi connectivity index (χ3v) is 3.97. The van der Waals surface area contributed by atoms with E-state index in [2.05, 4.69) is 57.3 Å². The van der Waals surface area contributed by atoms with Gasteiger partial charge in [-0.25, -0.2) is 0 Å². The van der Waals surface area contributed by atoms with Crippen molar-refractivity contribution in [3.63, 3.8) is 0 Å². The Bertz CT molecular complexity index is 675. The van der Waals surface area contributed by atoms with Gasteiger partial charge in [0.25, 0.3) is 0 Å². The molecule has 6 nitrogen and oxygen atoms in total. The number of anilines is 1. The van der Waals surface area contributed by atoms with E-state index in [1.807, 2.05) is 12.1 Å². The molecule has 0 aliphatic rings. The summed E-state index contributed by atoms with van der Waals surface area (Å²) in [5.41, 5.74) is 0.645. The van der Waals surface area contributed by atoms with Gasteiger partial charge < -0.3 is 5.32 Å². The lowest BCUT2D eigenvalue weighted by Gasteiger charge is -2.19. The molecule has 0 aliphatic carbocycles. The summed E-state index contributed by atoms with van der Waals surface area (Å²) in [5.74, 6) is 1.38. The number of thiophene rings is 1. The first-order valence-electron chi connectivity index (χ1n) is 6.58. The lowest BCUT2D eigenvalue weighted by atomic mass is 10.0. The molecule has 3 heterocycles. The molecule has 0 bridgehead atoms. The number of nitrogens with zero attached hydrogens (tertiary/aromatic N) is 5. The first kappa shape index (κ1) is 13.0. The van der Waals surface area contributed by atoms with Crippen LogP contribution in [0.15, 0.2) is 29.6 Å². The lowest BCUT2D eigenvalue weighted by molar-refractivity contribution is 0.533. The zero-order valence-corrected chi connectivity index (χ0v) is 12.2. The Hall–Kier alpha value is -2.02. The summed E-state index contributed by atoms with van der Waals surface area (Å²) in [6.45, 7) is 4.44. The number of hydrogen-bond donors (Lipinski definition) is 1. The Morgan fingerprint density at radius 1 is 1.30 bits per heavy atom. The smallest absolute Gasteiger partial charge is 0.200 e. The Balaban J connectivity index is 1.84. The van der Waals surface area contributed by atoms with Crippen LogP contribution in [0, 0.1) is 5.92 Å². The average molecular weight is 288 g/mol. The second kappa shape index (κ2) is 5.54. The fourth-order valence-electron chi connectivity index (χ4n) is 2.11. The van der Waals surface area contributed by atoms with Crippen molar-refractivity contribution < 1.29 is 0 Å². The van der Waals surface area contributed by atoms with Gasteiger partial charge in [0, 0.05) is 4.88 Å². The molecule has 0 saturated heterocycles. The number of tetrazole rings is 1. The zero-order chi connectivity index (χ0) is 13.9. The van der Waals surface area contributed by atoms with E-state index in [0.29, 0.717) is 11.6 Å². The summed E-state index contributed by atoms with van der Waals surface area (Å²) in [6, 6.07) is 8.26. The number of aromatic nitrogens is 5.